The number of ether oxygens (including phenoxy) is 1. The van der Waals surface area contributed by atoms with Gasteiger partial charge in [0.2, 0.25) is 5.91 Å². The molecule has 0 saturated carbocycles. The molecule has 0 spiro atoms. The van der Waals surface area contributed by atoms with Crippen molar-refractivity contribution < 1.29 is 27.9 Å². The van der Waals surface area contributed by atoms with E-state index in [1.165, 1.54) is 24.1 Å². The Kier molecular flexibility index (Phi) is 6.95. The Bertz CT molecular complexity index is 1070. The number of likely N-dealkylation sites (N-methyl/N-ethyl adjacent to an activating group) is 1. The summed E-state index contributed by atoms with van der Waals surface area (Å²) in [6.45, 7) is 4.72. The van der Waals surface area contributed by atoms with Crippen LogP contribution < -0.4 is 10.1 Å². The highest BCUT2D eigenvalue weighted by Gasteiger charge is 2.49. The molecule has 1 aliphatic rings. The Hall–Kier alpha value is -3.49. The molecule has 1 fully saturated rings. The number of nitrogens with one attached hydrogen (secondary N) is 1. The van der Waals surface area contributed by atoms with Gasteiger partial charge < -0.3 is 15.0 Å². The SMILES string of the molecule is CN(Cc1ccc(OC(F)F)cc1)C(=O)CN1C(=O)NC(C)(c2ccc(C(C)(C)C)cc2)C1=O. The Balaban J connectivity index is 1.66. The Labute approximate surface area is 197 Å². The third-order valence-electron chi connectivity index (χ3n) is 5.89. The van der Waals surface area contributed by atoms with E-state index in [0.29, 0.717) is 11.1 Å². The molecule has 3 rings (SSSR count). The maximum absolute atomic E-state index is 13.2. The number of carbonyl (C=O) groups is 3. The fourth-order valence-corrected chi connectivity index (χ4v) is 3.73. The highest BCUT2D eigenvalue weighted by molar-refractivity contribution is 6.09. The topological polar surface area (TPSA) is 79.0 Å². The summed E-state index contributed by atoms with van der Waals surface area (Å²) in [7, 11) is 1.54. The monoisotopic (exact) mass is 473 g/mol. The van der Waals surface area contributed by atoms with Gasteiger partial charge >= 0.3 is 12.6 Å². The normalized spacial score (nSPS) is 18.3. The molecule has 0 radical (unpaired) electrons. The lowest BCUT2D eigenvalue weighted by Crippen LogP contribution is -2.43. The number of alkyl halides is 2. The molecule has 34 heavy (non-hydrogen) atoms. The number of halogens is 2. The molecule has 4 amide bonds. The summed E-state index contributed by atoms with van der Waals surface area (Å²) in [5.41, 5.74) is 1.08. The van der Waals surface area contributed by atoms with Gasteiger partial charge in [0.15, 0.2) is 0 Å². The van der Waals surface area contributed by atoms with Crippen LogP contribution in [0, 0.1) is 0 Å². The van der Waals surface area contributed by atoms with Gasteiger partial charge in [-0.2, -0.15) is 8.78 Å². The zero-order valence-corrected chi connectivity index (χ0v) is 19.9. The number of hydrogen-bond donors (Lipinski definition) is 1. The number of amides is 4. The van der Waals surface area contributed by atoms with Crippen LogP contribution in [-0.2, 0) is 27.1 Å². The summed E-state index contributed by atoms with van der Waals surface area (Å²) < 4.78 is 28.9. The van der Waals surface area contributed by atoms with E-state index in [9.17, 15) is 23.2 Å². The van der Waals surface area contributed by atoms with Crippen molar-refractivity contribution in [1.82, 2.24) is 15.1 Å². The van der Waals surface area contributed by atoms with Crippen LogP contribution in [0.15, 0.2) is 48.5 Å². The molecule has 182 valence electrons. The van der Waals surface area contributed by atoms with Crippen molar-refractivity contribution in [1.29, 1.82) is 0 Å². The Morgan fingerprint density at radius 2 is 1.68 bits per heavy atom. The molecule has 2 aromatic rings. The molecule has 1 atom stereocenters. The largest absolute Gasteiger partial charge is 0.435 e. The fraction of sp³-hybridized carbons (Fsp3) is 0.400. The van der Waals surface area contributed by atoms with E-state index in [4.69, 9.17) is 0 Å². The quantitative estimate of drug-likeness (QED) is 0.617. The number of urea groups is 1. The van der Waals surface area contributed by atoms with E-state index in [1.807, 2.05) is 24.3 Å². The molecular formula is C25H29F2N3O4. The second kappa shape index (κ2) is 9.40. The van der Waals surface area contributed by atoms with Crippen LogP contribution in [0.25, 0.3) is 0 Å². The van der Waals surface area contributed by atoms with E-state index in [2.05, 4.69) is 30.8 Å². The molecule has 2 aromatic carbocycles. The predicted molar refractivity (Wildman–Crippen MR) is 122 cm³/mol. The summed E-state index contributed by atoms with van der Waals surface area (Å²) >= 11 is 0. The van der Waals surface area contributed by atoms with Gasteiger partial charge in [-0.05, 0) is 41.2 Å². The Morgan fingerprint density at radius 3 is 2.21 bits per heavy atom. The first-order chi connectivity index (χ1) is 15.8. The number of hydrogen-bond acceptors (Lipinski definition) is 4. The summed E-state index contributed by atoms with van der Waals surface area (Å²) in [6, 6.07) is 12.7. The van der Waals surface area contributed by atoms with Gasteiger partial charge in [0.25, 0.3) is 5.91 Å². The number of rotatable bonds is 7. The summed E-state index contributed by atoms with van der Waals surface area (Å²) in [6.07, 6.45) is 0. The van der Waals surface area contributed by atoms with Crippen molar-refractivity contribution in [3.05, 3.63) is 65.2 Å². The highest BCUT2D eigenvalue weighted by atomic mass is 19.3. The van der Waals surface area contributed by atoms with E-state index in [1.54, 1.807) is 19.1 Å². The smallest absolute Gasteiger partial charge is 0.387 e. The van der Waals surface area contributed by atoms with Crippen molar-refractivity contribution in [2.24, 2.45) is 0 Å². The average molecular weight is 474 g/mol. The number of imide groups is 1. The van der Waals surface area contributed by atoms with Gasteiger partial charge in [0, 0.05) is 13.6 Å². The average Bonchev–Trinajstić information content (AvgIpc) is 2.98. The highest BCUT2D eigenvalue weighted by Crippen LogP contribution is 2.31. The minimum absolute atomic E-state index is 0.0156. The van der Waals surface area contributed by atoms with Crippen LogP contribution in [0.4, 0.5) is 13.6 Å². The van der Waals surface area contributed by atoms with Gasteiger partial charge in [-0.25, -0.2) is 4.79 Å². The molecule has 1 saturated heterocycles. The van der Waals surface area contributed by atoms with Crippen molar-refractivity contribution in [3.63, 3.8) is 0 Å². The molecule has 1 aliphatic heterocycles. The van der Waals surface area contributed by atoms with Gasteiger partial charge in [-0.15, -0.1) is 0 Å². The van der Waals surface area contributed by atoms with Gasteiger partial charge in [0.1, 0.15) is 17.8 Å². The first-order valence-electron chi connectivity index (χ1n) is 10.8. The fourth-order valence-electron chi connectivity index (χ4n) is 3.73. The number of benzene rings is 2. The zero-order valence-electron chi connectivity index (χ0n) is 19.9. The van der Waals surface area contributed by atoms with Gasteiger partial charge in [-0.1, -0.05) is 57.2 Å². The molecule has 1 N–H and O–H groups in total. The van der Waals surface area contributed by atoms with Crippen LogP contribution in [0.1, 0.15) is 44.4 Å². The van der Waals surface area contributed by atoms with Crippen molar-refractivity contribution in [2.75, 3.05) is 13.6 Å². The molecule has 1 unspecified atom stereocenters. The molecule has 0 aliphatic carbocycles. The first-order valence-corrected chi connectivity index (χ1v) is 10.8. The van der Waals surface area contributed by atoms with Gasteiger partial charge in [-0.3, -0.25) is 14.5 Å². The lowest BCUT2D eigenvalue weighted by atomic mass is 9.84. The van der Waals surface area contributed by atoms with Crippen molar-refractivity contribution in [3.8, 4) is 5.75 Å². The van der Waals surface area contributed by atoms with Gasteiger partial charge in [0.05, 0.1) is 0 Å². The summed E-state index contributed by atoms with van der Waals surface area (Å²) in [4.78, 5) is 40.8. The van der Waals surface area contributed by atoms with Crippen LogP contribution in [0.5, 0.6) is 5.75 Å². The molecule has 7 nitrogen and oxygen atoms in total. The van der Waals surface area contributed by atoms with E-state index >= 15 is 0 Å². The maximum Gasteiger partial charge on any atom is 0.387 e. The number of nitrogens with zero attached hydrogens (tertiary/aromatic N) is 2. The minimum Gasteiger partial charge on any atom is -0.435 e. The van der Waals surface area contributed by atoms with Crippen LogP contribution in [0.2, 0.25) is 0 Å². The summed E-state index contributed by atoms with van der Waals surface area (Å²) in [5.74, 6) is -0.929. The molecule has 1 heterocycles. The van der Waals surface area contributed by atoms with Crippen LogP contribution >= 0.6 is 0 Å². The van der Waals surface area contributed by atoms with Crippen molar-refractivity contribution >= 4 is 17.8 Å². The third kappa shape index (κ3) is 5.35. The van der Waals surface area contributed by atoms with E-state index in [0.717, 1.165) is 10.5 Å². The minimum atomic E-state index is -2.92. The van der Waals surface area contributed by atoms with Crippen molar-refractivity contribution in [2.45, 2.75) is 51.8 Å². The second-order valence-corrected chi connectivity index (χ2v) is 9.55. The molecule has 0 aromatic heterocycles. The molecular weight excluding hydrogens is 444 g/mol. The van der Waals surface area contributed by atoms with Crippen LogP contribution in [-0.4, -0.2) is 47.8 Å². The summed E-state index contributed by atoms with van der Waals surface area (Å²) in [5, 5.41) is 2.71. The van der Waals surface area contributed by atoms with E-state index < -0.39 is 36.5 Å². The number of carbonyl (C=O) groups excluding carboxylic acids is 3. The van der Waals surface area contributed by atoms with Crippen LogP contribution in [0.3, 0.4) is 0 Å². The lowest BCUT2D eigenvalue weighted by Gasteiger charge is -2.25. The second-order valence-electron chi connectivity index (χ2n) is 9.55. The molecule has 9 heteroatoms. The maximum atomic E-state index is 13.2. The predicted octanol–water partition coefficient (Wildman–Crippen LogP) is 4.01. The Morgan fingerprint density at radius 1 is 1.09 bits per heavy atom. The third-order valence-corrected chi connectivity index (χ3v) is 5.89. The lowest BCUT2D eigenvalue weighted by molar-refractivity contribution is -0.138. The van der Waals surface area contributed by atoms with E-state index in [-0.39, 0.29) is 17.7 Å². The standard InChI is InChI=1S/C25H29F2N3O4/c1-24(2,3)17-8-10-18(11-9-17)25(4)21(32)30(23(33)28-25)15-20(31)29(5)14-16-6-12-19(13-7-16)34-22(26)27/h6-13,22H,14-15H2,1-5H3,(H,28,33). The first kappa shape index (κ1) is 25.1. The zero-order chi connectivity index (χ0) is 25.3. The molecule has 0 bridgehead atoms.